The zero-order valence-corrected chi connectivity index (χ0v) is 12.3. The average Bonchev–Trinajstić information content (AvgIpc) is 3.03. The normalized spacial score (nSPS) is 23.5. The number of rotatable bonds is 3. The van der Waals surface area contributed by atoms with E-state index in [1.54, 1.807) is 0 Å². The Labute approximate surface area is 130 Å². The van der Waals surface area contributed by atoms with Crippen LogP contribution in [0, 0.1) is 5.92 Å². The van der Waals surface area contributed by atoms with Crippen LogP contribution in [0.2, 0.25) is 0 Å². The third kappa shape index (κ3) is 3.85. The summed E-state index contributed by atoms with van der Waals surface area (Å²) in [5.41, 5.74) is 6.53. The Morgan fingerprint density at radius 2 is 2.26 bits per heavy atom. The molecule has 0 bridgehead atoms. The molecule has 0 radical (unpaired) electrons. The van der Waals surface area contributed by atoms with Gasteiger partial charge in [-0.05, 0) is 17.0 Å². The highest BCUT2D eigenvalue weighted by Crippen LogP contribution is 2.36. The van der Waals surface area contributed by atoms with Crippen LogP contribution in [0.4, 0.5) is 15.1 Å². The summed E-state index contributed by atoms with van der Waals surface area (Å²) in [5.74, 6) is 0.685. The van der Waals surface area contributed by atoms with Crippen LogP contribution < -0.4 is 5.73 Å². The number of nitrogens with two attached hydrogens (primary N) is 1. The average molecular weight is 328 g/mol. The maximum Gasteiger partial charge on any atom is 0.503 e. The minimum absolute atomic E-state index is 0.0445. The summed E-state index contributed by atoms with van der Waals surface area (Å²) in [6.45, 7) is 2.01. The smallest absolute Gasteiger partial charge is 0.450 e. The van der Waals surface area contributed by atoms with Crippen molar-refractivity contribution in [1.82, 2.24) is 14.5 Å². The number of carbonyl (C=O) groups is 1. The maximum atomic E-state index is 11.9. The standard InChI is InChI=1S/C12H15FN4O2.CH2O3/c1-7-4-8(5-18-13)19-12(7)17-3-2-9-10(14)15-6-16-11(9)17;2-1(3)4/h2-3,6-8,12H,4-5H2,1H3,(H2,14,15,16);(H2,2,3,4)/t7?,8?,12-;/m1./s1. The van der Waals surface area contributed by atoms with Gasteiger partial charge in [0.15, 0.2) is 0 Å². The highest BCUT2D eigenvalue weighted by atomic mass is 19.3. The van der Waals surface area contributed by atoms with E-state index in [9.17, 15) is 4.53 Å². The summed E-state index contributed by atoms with van der Waals surface area (Å²) >= 11 is 0. The molecule has 1 aliphatic heterocycles. The number of ether oxygens (including phenoxy) is 1. The number of hydrogen-bond acceptors (Lipinski definition) is 6. The molecule has 2 aromatic rings. The van der Waals surface area contributed by atoms with E-state index in [2.05, 4.69) is 21.8 Å². The van der Waals surface area contributed by atoms with Crippen LogP contribution in [0.25, 0.3) is 11.0 Å². The fourth-order valence-corrected chi connectivity index (χ4v) is 2.63. The topological polar surface area (TPSA) is 133 Å². The molecule has 0 amide bonds. The largest absolute Gasteiger partial charge is 0.503 e. The van der Waals surface area contributed by atoms with E-state index in [4.69, 9.17) is 25.5 Å². The molecular weight excluding hydrogens is 311 g/mol. The fourth-order valence-electron chi connectivity index (χ4n) is 2.63. The van der Waals surface area contributed by atoms with Gasteiger partial charge >= 0.3 is 6.16 Å². The number of nitrogens with zero attached hydrogens (tertiary/aromatic N) is 3. The number of nitrogen functional groups attached to an aromatic ring is 1. The van der Waals surface area contributed by atoms with E-state index in [-0.39, 0.29) is 24.9 Å². The van der Waals surface area contributed by atoms with Gasteiger partial charge in [-0.15, -0.1) is 0 Å². The van der Waals surface area contributed by atoms with Gasteiger partial charge in [0, 0.05) is 12.1 Å². The quantitative estimate of drug-likeness (QED) is 0.779. The lowest BCUT2D eigenvalue weighted by molar-refractivity contribution is -0.168. The molecule has 0 aliphatic carbocycles. The summed E-state index contributed by atoms with van der Waals surface area (Å²) in [4.78, 5) is 20.4. The number of hydrogen-bond donors (Lipinski definition) is 3. The summed E-state index contributed by atoms with van der Waals surface area (Å²) in [7, 11) is 0. The molecule has 10 heteroatoms. The fraction of sp³-hybridized carbons (Fsp3) is 0.462. The molecule has 1 saturated heterocycles. The summed E-state index contributed by atoms with van der Waals surface area (Å²) in [6, 6.07) is 1.86. The van der Waals surface area contributed by atoms with Gasteiger partial charge in [-0.3, -0.25) is 0 Å². The molecule has 23 heavy (non-hydrogen) atoms. The van der Waals surface area contributed by atoms with Gasteiger partial charge in [0.05, 0.1) is 11.5 Å². The van der Waals surface area contributed by atoms with E-state index in [1.807, 2.05) is 16.8 Å². The second-order valence-corrected chi connectivity index (χ2v) is 5.14. The zero-order valence-electron chi connectivity index (χ0n) is 12.3. The highest BCUT2D eigenvalue weighted by molar-refractivity contribution is 5.86. The Kier molecular flexibility index (Phi) is 5.29. The molecule has 0 saturated carbocycles. The Morgan fingerprint density at radius 3 is 2.91 bits per heavy atom. The van der Waals surface area contributed by atoms with Gasteiger partial charge in [0.25, 0.3) is 0 Å². The van der Waals surface area contributed by atoms with Crippen LogP contribution in [0.3, 0.4) is 0 Å². The molecule has 2 unspecified atom stereocenters. The molecule has 3 atom stereocenters. The summed E-state index contributed by atoms with van der Waals surface area (Å²) in [5, 5.41) is 14.7. The van der Waals surface area contributed by atoms with Crippen molar-refractivity contribution in [1.29, 1.82) is 0 Å². The van der Waals surface area contributed by atoms with Crippen molar-refractivity contribution < 1.29 is 29.2 Å². The number of anilines is 1. The molecule has 4 N–H and O–H groups in total. The van der Waals surface area contributed by atoms with Crippen molar-refractivity contribution >= 4 is 23.0 Å². The maximum absolute atomic E-state index is 11.9. The SMILES string of the molecule is CC1CC(COF)O[C@H]1n1ccc2c(N)ncnc21.O=C(O)O. The van der Waals surface area contributed by atoms with Crippen molar-refractivity contribution in [2.75, 3.05) is 12.3 Å². The molecule has 0 aromatic carbocycles. The number of fused-ring (bicyclic) bond motifs is 1. The number of aromatic nitrogens is 3. The molecule has 3 rings (SSSR count). The van der Waals surface area contributed by atoms with Crippen LogP contribution in [-0.4, -0.2) is 43.6 Å². The predicted molar refractivity (Wildman–Crippen MR) is 77.3 cm³/mol. The van der Waals surface area contributed by atoms with Crippen LogP contribution in [0.1, 0.15) is 19.6 Å². The van der Waals surface area contributed by atoms with Crippen LogP contribution in [-0.2, 0) is 9.68 Å². The van der Waals surface area contributed by atoms with Crippen molar-refractivity contribution in [3.8, 4) is 0 Å². The predicted octanol–water partition coefficient (Wildman–Crippen LogP) is 2.06. The number of halogens is 1. The van der Waals surface area contributed by atoms with Gasteiger partial charge in [0.2, 0.25) is 0 Å². The van der Waals surface area contributed by atoms with Gasteiger partial charge in [0.1, 0.15) is 30.6 Å². The van der Waals surface area contributed by atoms with Crippen molar-refractivity contribution in [2.45, 2.75) is 25.7 Å². The van der Waals surface area contributed by atoms with E-state index in [0.717, 1.165) is 17.5 Å². The van der Waals surface area contributed by atoms with Crippen molar-refractivity contribution in [3.63, 3.8) is 0 Å². The molecule has 0 spiro atoms. The second kappa shape index (κ2) is 7.20. The Balaban J connectivity index is 0.000000433. The molecule has 9 nitrogen and oxygen atoms in total. The van der Waals surface area contributed by atoms with Gasteiger partial charge in [-0.25, -0.2) is 14.8 Å². The first-order valence-electron chi connectivity index (χ1n) is 6.82. The van der Waals surface area contributed by atoms with Gasteiger partial charge in [-0.2, -0.15) is 4.94 Å². The molecule has 3 heterocycles. The van der Waals surface area contributed by atoms with E-state index >= 15 is 0 Å². The van der Waals surface area contributed by atoms with Crippen molar-refractivity contribution in [3.05, 3.63) is 18.6 Å². The molecule has 126 valence electrons. The molecule has 1 aliphatic rings. The first-order valence-corrected chi connectivity index (χ1v) is 6.82. The molecule has 2 aromatic heterocycles. The van der Waals surface area contributed by atoms with Crippen LogP contribution in [0.5, 0.6) is 0 Å². The molecule has 1 fully saturated rings. The third-order valence-electron chi connectivity index (χ3n) is 3.52. The minimum atomic E-state index is -1.83. The number of carboxylic acid groups (broad SMARTS) is 2. The first kappa shape index (κ1) is 16.9. The van der Waals surface area contributed by atoms with E-state index in [1.165, 1.54) is 6.33 Å². The second-order valence-electron chi connectivity index (χ2n) is 5.14. The Hall–Kier alpha value is -2.46. The van der Waals surface area contributed by atoms with Crippen molar-refractivity contribution in [2.24, 2.45) is 5.92 Å². The third-order valence-corrected chi connectivity index (χ3v) is 3.52. The molecular formula is C13H17FN4O5. The van der Waals surface area contributed by atoms with E-state index in [0.29, 0.717) is 5.82 Å². The van der Waals surface area contributed by atoms with Gasteiger partial charge in [-0.1, -0.05) is 6.92 Å². The first-order chi connectivity index (χ1) is 10.9. The highest BCUT2D eigenvalue weighted by Gasteiger charge is 2.34. The minimum Gasteiger partial charge on any atom is -0.450 e. The van der Waals surface area contributed by atoms with Crippen LogP contribution >= 0.6 is 0 Å². The lowest BCUT2D eigenvalue weighted by Gasteiger charge is -2.18. The van der Waals surface area contributed by atoms with E-state index < -0.39 is 6.16 Å². The Bertz CT molecular complexity index is 675. The lowest BCUT2D eigenvalue weighted by Crippen LogP contribution is -2.15. The summed E-state index contributed by atoms with van der Waals surface area (Å²) < 4.78 is 19.6. The zero-order chi connectivity index (χ0) is 17.0. The Morgan fingerprint density at radius 1 is 1.57 bits per heavy atom. The summed E-state index contributed by atoms with van der Waals surface area (Å²) in [6.07, 6.45) is 1.79. The van der Waals surface area contributed by atoms with Crippen LogP contribution in [0.15, 0.2) is 18.6 Å². The lowest BCUT2D eigenvalue weighted by atomic mass is 10.1. The van der Waals surface area contributed by atoms with Gasteiger partial charge < -0.3 is 25.3 Å². The monoisotopic (exact) mass is 328 g/mol.